The molecule has 19 heavy (non-hydrogen) atoms. The Balaban J connectivity index is 2.31. The van der Waals surface area contributed by atoms with Gasteiger partial charge in [-0.2, -0.15) is 0 Å². The highest BCUT2D eigenvalue weighted by atomic mass is 16.7. The smallest absolute Gasteiger partial charge is 0.458 e. The van der Waals surface area contributed by atoms with Crippen molar-refractivity contribution in [3.8, 4) is 0 Å². The molecule has 0 aromatic heterocycles. The van der Waals surface area contributed by atoms with Gasteiger partial charge >= 0.3 is 13.1 Å². The molecule has 0 unspecified atom stereocenters. The summed E-state index contributed by atoms with van der Waals surface area (Å²) in [4.78, 5) is 22.5. The van der Waals surface area contributed by atoms with Gasteiger partial charge in [-0.15, -0.1) is 0 Å². The molecule has 1 saturated heterocycles. The van der Waals surface area contributed by atoms with Gasteiger partial charge in [0.2, 0.25) is 0 Å². The van der Waals surface area contributed by atoms with E-state index in [4.69, 9.17) is 9.31 Å². The molecule has 108 valence electrons. The molecule has 0 aromatic carbocycles. The number of carbonyl (C=O) groups excluding carboxylic acids is 2. The van der Waals surface area contributed by atoms with Crippen LogP contribution in [-0.4, -0.2) is 37.2 Å². The third kappa shape index (κ3) is 4.32. The van der Waals surface area contributed by atoms with Crippen molar-refractivity contribution in [2.45, 2.75) is 64.5 Å². The molecule has 0 atom stereocenters. The molecule has 6 heteroatoms. The first-order valence-corrected chi connectivity index (χ1v) is 6.62. The number of Topliss-reactive ketones (excluding diaryl/α,β-unsaturated/α-hetero) is 1. The number of rotatable bonds is 6. The molecule has 1 aliphatic heterocycles. The van der Waals surface area contributed by atoms with Crippen molar-refractivity contribution in [2.75, 3.05) is 7.11 Å². The number of ether oxygens (including phenoxy) is 1. The standard InChI is InChI=1S/C13H23BO5/c1-12(2)13(3,4)19-14(18-12)9-8-10(15)6-7-11(16)17-5/h6-9H2,1-5H3. The zero-order valence-corrected chi connectivity index (χ0v) is 12.4. The van der Waals surface area contributed by atoms with E-state index in [0.29, 0.717) is 12.7 Å². The van der Waals surface area contributed by atoms with E-state index >= 15 is 0 Å². The van der Waals surface area contributed by atoms with E-state index in [2.05, 4.69) is 4.74 Å². The Kier molecular flexibility index (Phi) is 5.15. The van der Waals surface area contributed by atoms with Crippen molar-refractivity contribution < 1.29 is 23.6 Å². The Hall–Kier alpha value is -0.875. The lowest BCUT2D eigenvalue weighted by atomic mass is 9.82. The average molecular weight is 270 g/mol. The minimum Gasteiger partial charge on any atom is -0.469 e. The fourth-order valence-corrected chi connectivity index (χ4v) is 1.83. The molecule has 0 saturated carbocycles. The molecule has 1 heterocycles. The summed E-state index contributed by atoms with van der Waals surface area (Å²) < 4.78 is 16.1. The molecule has 0 aromatic rings. The largest absolute Gasteiger partial charge is 0.469 e. The second kappa shape index (κ2) is 6.05. The van der Waals surface area contributed by atoms with E-state index in [1.165, 1.54) is 7.11 Å². The molecular formula is C13H23BO5. The highest BCUT2D eigenvalue weighted by molar-refractivity contribution is 6.45. The molecule has 1 aliphatic rings. The van der Waals surface area contributed by atoms with E-state index in [9.17, 15) is 9.59 Å². The van der Waals surface area contributed by atoms with E-state index < -0.39 is 0 Å². The number of esters is 1. The van der Waals surface area contributed by atoms with Crippen LogP contribution >= 0.6 is 0 Å². The van der Waals surface area contributed by atoms with Crippen LogP contribution in [0, 0.1) is 0 Å². The fourth-order valence-electron chi connectivity index (χ4n) is 1.83. The average Bonchev–Trinajstić information content (AvgIpc) is 2.52. The molecular weight excluding hydrogens is 247 g/mol. The quantitative estimate of drug-likeness (QED) is 0.545. The van der Waals surface area contributed by atoms with E-state index in [-0.39, 0.29) is 42.9 Å². The van der Waals surface area contributed by atoms with Gasteiger partial charge in [-0.25, -0.2) is 0 Å². The lowest BCUT2D eigenvalue weighted by Crippen LogP contribution is -2.41. The van der Waals surface area contributed by atoms with Gasteiger partial charge < -0.3 is 14.0 Å². The van der Waals surface area contributed by atoms with Crippen molar-refractivity contribution in [3.05, 3.63) is 0 Å². The maximum atomic E-state index is 11.6. The number of methoxy groups -OCH3 is 1. The molecule has 0 radical (unpaired) electrons. The van der Waals surface area contributed by atoms with Gasteiger partial charge in [-0.1, -0.05) is 0 Å². The molecule has 1 fully saturated rings. The van der Waals surface area contributed by atoms with Crippen LogP contribution in [0.2, 0.25) is 6.32 Å². The van der Waals surface area contributed by atoms with Gasteiger partial charge in [0.05, 0.1) is 24.7 Å². The van der Waals surface area contributed by atoms with E-state index in [0.717, 1.165) is 0 Å². The summed E-state index contributed by atoms with van der Waals surface area (Å²) in [6.45, 7) is 7.91. The molecule has 1 rings (SSSR count). The third-order valence-corrected chi connectivity index (χ3v) is 3.80. The van der Waals surface area contributed by atoms with Gasteiger partial charge in [0, 0.05) is 12.8 Å². The van der Waals surface area contributed by atoms with Crippen LogP contribution in [0.3, 0.4) is 0 Å². The number of hydrogen-bond acceptors (Lipinski definition) is 5. The molecule has 0 amide bonds. The third-order valence-electron chi connectivity index (χ3n) is 3.80. The van der Waals surface area contributed by atoms with E-state index in [1.54, 1.807) is 0 Å². The second-order valence-corrected chi connectivity index (χ2v) is 5.84. The van der Waals surface area contributed by atoms with Gasteiger partial charge in [0.15, 0.2) is 0 Å². The van der Waals surface area contributed by atoms with Crippen molar-refractivity contribution in [1.82, 2.24) is 0 Å². The SMILES string of the molecule is COC(=O)CCC(=O)CCB1OC(C)(C)C(C)(C)O1. The summed E-state index contributed by atoms with van der Waals surface area (Å²) >= 11 is 0. The predicted octanol–water partition coefficient (Wildman–Crippen LogP) is 1.99. The van der Waals surface area contributed by atoms with Crippen LogP contribution in [0.15, 0.2) is 0 Å². The number of ketones is 1. The van der Waals surface area contributed by atoms with Gasteiger partial charge in [-0.3, -0.25) is 9.59 Å². The van der Waals surface area contributed by atoms with Crippen molar-refractivity contribution in [2.24, 2.45) is 0 Å². The summed E-state index contributed by atoms with van der Waals surface area (Å²) in [6, 6.07) is 0. The predicted molar refractivity (Wildman–Crippen MR) is 71.8 cm³/mol. The van der Waals surface area contributed by atoms with Gasteiger partial charge in [0.1, 0.15) is 5.78 Å². The maximum Gasteiger partial charge on any atom is 0.458 e. The minimum absolute atomic E-state index is 0.0279. The molecule has 0 spiro atoms. The van der Waals surface area contributed by atoms with Gasteiger partial charge in [-0.05, 0) is 34.0 Å². The summed E-state index contributed by atoms with van der Waals surface area (Å²) in [5.41, 5.74) is -0.737. The summed E-state index contributed by atoms with van der Waals surface area (Å²) in [5.74, 6) is -0.330. The maximum absolute atomic E-state index is 11.6. The van der Waals surface area contributed by atoms with Crippen LogP contribution in [0.1, 0.15) is 47.0 Å². The van der Waals surface area contributed by atoms with Crippen LogP contribution in [0.25, 0.3) is 0 Å². The van der Waals surface area contributed by atoms with Crippen LogP contribution in [-0.2, 0) is 23.6 Å². The summed E-state index contributed by atoms with van der Waals surface area (Å²) in [5, 5.41) is 0. The lowest BCUT2D eigenvalue weighted by molar-refractivity contribution is -0.141. The zero-order valence-electron chi connectivity index (χ0n) is 12.4. The Morgan fingerprint density at radius 3 is 2.00 bits per heavy atom. The number of hydrogen-bond donors (Lipinski definition) is 0. The normalized spacial score (nSPS) is 20.4. The van der Waals surface area contributed by atoms with Crippen molar-refractivity contribution in [3.63, 3.8) is 0 Å². The second-order valence-electron chi connectivity index (χ2n) is 5.84. The fraction of sp³-hybridized carbons (Fsp3) is 0.846. The Bertz CT molecular complexity index is 335. The van der Waals surface area contributed by atoms with Crippen LogP contribution in [0.5, 0.6) is 0 Å². The first-order chi connectivity index (χ1) is 8.68. The molecule has 5 nitrogen and oxygen atoms in total. The topological polar surface area (TPSA) is 61.8 Å². The molecule has 0 N–H and O–H groups in total. The van der Waals surface area contributed by atoms with Crippen LogP contribution in [0.4, 0.5) is 0 Å². The van der Waals surface area contributed by atoms with Crippen molar-refractivity contribution >= 4 is 18.9 Å². The summed E-state index contributed by atoms with van der Waals surface area (Å²) in [6.07, 6.45) is 1.23. The highest BCUT2D eigenvalue weighted by Gasteiger charge is 2.50. The Morgan fingerprint density at radius 1 is 1.00 bits per heavy atom. The molecule has 0 bridgehead atoms. The first kappa shape index (κ1) is 16.2. The van der Waals surface area contributed by atoms with Gasteiger partial charge in [0.25, 0.3) is 0 Å². The number of carbonyl (C=O) groups is 2. The summed E-state index contributed by atoms with van der Waals surface area (Å²) in [7, 11) is 0.962. The van der Waals surface area contributed by atoms with E-state index in [1.807, 2.05) is 27.7 Å². The monoisotopic (exact) mass is 270 g/mol. The lowest BCUT2D eigenvalue weighted by Gasteiger charge is -2.32. The first-order valence-electron chi connectivity index (χ1n) is 6.62. The highest BCUT2D eigenvalue weighted by Crippen LogP contribution is 2.37. The van der Waals surface area contributed by atoms with Crippen molar-refractivity contribution in [1.29, 1.82) is 0 Å². The minimum atomic E-state index is -0.368. The van der Waals surface area contributed by atoms with Crippen LogP contribution < -0.4 is 0 Å². The Labute approximate surface area is 115 Å². The Morgan fingerprint density at radius 2 is 1.53 bits per heavy atom. The molecule has 0 aliphatic carbocycles. The zero-order chi connectivity index (χ0) is 14.7.